The molecule has 0 N–H and O–H groups in total. The molecular formula is C11H18. The number of rotatable bonds is 1. The number of hydrogen-bond donors (Lipinski definition) is 0. The van der Waals surface area contributed by atoms with Gasteiger partial charge in [0.05, 0.1) is 0 Å². The monoisotopic (exact) mass is 150 g/mol. The van der Waals surface area contributed by atoms with Crippen LogP contribution in [-0.2, 0) is 0 Å². The normalized spacial score (nSPS) is 55.4. The Bertz CT molecular complexity index is 167. The van der Waals surface area contributed by atoms with E-state index >= 15 is 0 Å². The van der Waals surface area contributed by atoms with Gasteiger partial charge in [-0.25, -0.2) is 0 Å². The van der Waals surface area contributed by atoms with Crippen molar-refractivity contribution >= 4 is 0 Å². The third kappa shape index (κ3) is 0.816. The Labute approximate surface area is 69.4 Å². The summed E-state index contributed by atoms with van der Waals surface area (Å²) >= 11 is 0. The van der Waals surface area contributed by atoms with E-state index in [1.165, 1.54) is 23.7 Å². The maximum absolute atomic E-state index is 2.48. The minimum atomic E-state index is 1.07. The van der Waals surface area contributed by atoms with Crippen LogP contribution in [0.2, 0.25) is 0 Å². The lowest BCUT2D eigenvalue weighted by atomic mass is 9.52. The van der Waals surface area contributed by atoms with Crippen LogP contribution in [0.1, 0.15) is 39.0 Å². The van der Waals surface area contributed by atoms with Gasteiger partial charge in [0.25, 0.3) is 0 Å². The molecule has 0 heterocycles. The Hall–Kier alpha value is 0. The maximum Gasteiger partial charge on any atom is -0.0326 e. The molecule has 0 aromatic heterocycles. The second-order valence-corrected chi connectivity index (χ2v) is 5.13. The Morgan fingerprint density at radius 1 is 0.909 bits per heavy atom. The van der Waals surface area contributed by atoms with Crippen molar-refractivity contribution in [1.82, 2.24) is 0 Å². The highest BCUT2D eigenvalue weighted by Crippen LogP contribution is 2.61. The molecule has 0 saturated heterocycles. The van der Waals surface area contributed by atoms with Crippen molar-refractivity contribution in [3.05, 3.63) is 0 Å². The van der Waals surface area contributed by atoms with E-state index in [9.17, 15) is 0 Å². The van der Waals surface area contributed by atoms with E-state index in [2.05, 4.69) is 6.92 Å². The molecule has 0 aliphatic heterocycles. The summed E-state index contributed by atoms with van der Waals surface area (Å²) in [6, 6.07) is 0. The predicted molar refractivity (Wildman–Crippen MR) is 46.2 cm³/mol. The van der Waals surface area contributed by atoms with Crippen LogP contribution < -0.4 is 0 Å². The van der Waals surface area contributed by atoms with Gasteiger partial charge in [-0.05, 0) is 55.3 Å². The van der Waals surface area contributed by atoms with Crippen LogP contribution >= 0.6 is 0 Å². The second kappa shape index (κ2) is 2.02. The highest BCUT2D eigenvalue weighted by molar-refractivity contribution is 5.02. The lowest BCUT2D eigenvalue weighted by molar-refractivity contribution is -0.0414. The molecule has 4 aliphatic rings. The molecule has 0 aromatic rings. The van der Waals surface area contributed by atoms with Gasteiger partial charge in [0.15, 0.2) is 0 Å². The summed E-state index contributed by atoms with van der Waals surface area (Å²) in [4.78, 5) is 0. The summed E-state index contributed by atoms with van der Waals surface area (Å²) in [7, 11) is 0. The molecule has 0 heteroatoms. The molecule has 2 bridgehead atoms. The predicted octanol–water partition coefficient (Wildman–Crippen LogP) is 3.08. The first-order valence-corrected chi connectivity index (χ1v) is 5.36. The van der Waals surface area contributed by atoms with E-state index in [-0.39, 0.29) is 0 Å². The summed E-state index contributed by atoms with van der Waals surface area (Å²) in [6.07, 6.45) is 7.86. The molecule has 0 spiro atoms. The molecular weight excluding hydrogens is 132 g/mol. The van der Waals surface area contributed by atoms with E-state index in [1.807, 2.05) is 0 Å². The first-order chi connectivity index (χ1) is 5.36. The third-order valence-electron chi connectivity index (χ3n) is 4.50. The Balaban J connectivity index is 1.76. The Kier molecular flexibility index (Phi) is 1.20. The van der Waals surface area contributed by atoms with Gasteiger partial charge in [0, 0.05) is 0 Å². The standard InChI is InChI=1S/C11H18/c1-7-2-3-9-6-10(7)11(9)8-4-5-8/h7-11H,2-6H2,1H3. The van der Waals surface area contributed by atoms with Crippen molar-refractivity contribution in [3.8, 4) is 0 Å². The van der Waals surface area contributed by atoms with Crippen LogP contribution in [-0.4, -0.2) is 0 Å². The van der Waals surface area contributed by atoms with Crippen LogP contribution in [0.3, 0.4) is 0 Å². The fourth-order valence-corrected chi connectivity index (χ4v) is 3.65. The minimum Gasteiger partial charge on any atom is -0.0622 e. The van der Waals surface area contributed by atoms with Crippen molar-refractivity contribution < 1.29 is 0 Å². The van der Waals surface area contributed by atoms with Crippen LogP contribution in [0.5, 0.6) is 0 Å². The molecule has 11 heavy (non-hydrogen) atoms. The van der Waals surface area contributed by atoms with Crippen molar-refractivity contribution in [2.45, 2.75) is 39.0 Å². The minimum absolute atomic E-state index is 1.07. The molecule has 62 valence electrons. The lowest BCUT2D eigenvalue weighted by Crippen LogP contribution is -2.46. The number of fused-ring (bicyclic) bond motifs is 2. The zero-order chi connectivity index (χ0) is 7.42. The van der Waals surface area contributed by atoms with Gasteiger partial charge in [0.1, 0.15) is 0 Å². The van der Waals surface area contributed by atoms with Gasteiger partial charge in [-0.1, -0.05) is 13.3 Å². The molecule has 4 rings (SSSR count). The van der Waals surface area contributed by atoms with Gasteiger partial charge in [-0.2, -0.15) is 0 Å². The van der Waals surface area contributed by atoms with Gasteiger partial charge >= 0.3 is 0 Å². The Morgan fingerprint density at radius 2 is 1.64 bits per heavy atom. The van der Waals surface area contributed by atoms with Gasteiger partial charge in [-0.3, -0.25) is 0 Å². The van der Waals surface area contributed by atoms with Gasteiger partial charge < -0.3 is 0 Å². The summed E-state index contributed by atoms with van der Waals surface area (Å²) in [5.41, 5.74) is 0. The van der Waals surface area contributed by atoms with Crippen molar-refractivity contribution in [2.24, 2.45) is 29.6 Å². The number of hydrogen-bond acceptors (Lipinski definition) is 0. The molecule has 0 aromatic carbocycles. The van der Waals surface area contributed by atoms with Crippen LogP contribution in [0.25, 0.3) is 0 Å². The first kappa shape index (κ1) is 6.51. The zero-order valence-corrected chi connectivity index (χ0v) is 7.42. The van der Waals surface area contributed by atoms with E-state index in [1.54, 1.807) is 32.1 Å². The first-order valence-electron chi connectivity index (χ1n) is 5.36. The lowest BCUT2D eigenvalue weighted by Gasteiger charge is -2.53. The van der Waals surface area contributed by atoms with E-state index in [0.29, 0.717) is 0 Å². The zero-order valence-electron chi connectivity index (χ0n) is 7.42. The van der Waals surface area contributed by atoms with Gasteiger partial charge in [-0.15, -0.1) is 0 Å². The highest BCUT2D eigenvalue weighted by Gasteiger charge is 2.52. The summed E-state index contributed by atoms with van der Waals surface area (Å²) in [6.45, 7) is 2.48. The molecule has 4 fully saturated rings. The molecule has 4 atom stereocenters. The SMILES string of the molecule is CC1CCC2CC1C2C1CC1. The smallest absolute Gasteiger partial charge is 0.0326 e. The topological polar surface area (TPSA) is 0 Å². The highest BCUT2D eigenvalue weighted by atomic mass is 14.6. The third-order valence-corrected chi connectivity index (χ3v) is 4.50. The van der Waals surface area contributed by atoms with E-state index < -0.39 is 0 Å². The average Bonchev–Trinajstić information content (AvgIpc) is 2.70. The van der Waals surface area contributed by atoms with Crippen molar-refractivity contribution in [1.29, 1.82) is 0 Å². The van der Waals surface area contributed by atoms with Crippen molar-refractivity contribution in [3.63, 3.8) is 0 Å². The van der Waals surface area contributed by atoms with Crippen LogP contribution in [0.15, 0.2) is 0 Å². The van der Waals surface area contributed by atoms with Crippen molar-refractivity contribution in [2.75, 3.05) is 0 Å². The van der Waals surface area contributed by atoms with Crippen LogP contribution in [0.4, 0.5) is 0 Å². The quantitative estimate of drug-likeness (QED) is 0.539. The van der Waals surface area contributed by atoms with Crippen LogP contribution in [0, 0.1) is 29.6 Å². The average molecular weight is 150 g/mol. The summed E-state index contributed by atoms with van der Waals surface area (Å²) < 4.78 is 0. The maximum atomic E-state index is 2.48. The van der Waals surface area contributed by atoms with E-state index in [4.69, 9.17) is 0 Å². The van der Waals surface area contributed by atoms with E-state index in [0.717, 1.165) is 5.92 Å². The molecule has 0 radical (unpaired) electrons. The molecule has 4 unspecified atom stereocenters. The second-order valence-electron chi connectivity index (χ2n) is 5.13. The largest absolute Gasteiger partial charge is 0.0622 e. The Morgan fingerprint density at radius 3 is 2.18 bits per heavy atom. The molecule has 0 nitrogen and oxygen atoms in total. The molecule has 4 saturated carbocycles. The summed E-state index contributed by atoms with van der Waals surface area (Å²) in [5, 5.41) is 0. The molecule has 4 aliphatic carbocycles. The van der Waals surface area contributed by atoms with Gasteiger partial charge in [0.2, 0.25) is 0 Å². The fraction of sp³-hybridized carbons (Fsp3) is 1.00. The summed E-state index contributed by atoms with van der Waals surface area (Å²) in [5.74, 6) is 5.83. The molecule has 0 amide bonds. The fourth-order valence-electron chi connectivity index (χ4n) is 3.65.